The van der Waals surface area contributed by atoms with Gasteiger partial charge in [0.25, 0.3) is 0 Å². The smallest absolute Gasteiger partial charge is 0.234 e. The van der Waals surface area contributed by atoms with Gasteiger partial charge in [0.05, 0.1) is 37.0 Å². The number of amides is 4. The molecule has 2 aliphatic heterocycles. The van der Waals surface area contributed by atoms with Gasteiger partial charge < -0.3 is 0 Å². The maximum Gasteiger partial charge on any atom is 0.234 e. The van der Waals surface area contributed by atoms with Gasteiger partial charge in [-0.25, -0.2) is 0 Å². The molecule has 0 aromatic rings. The normalized spacial score (nSPS) is 39.3. The molecule has 0 unspecified atom stereocenters. The lowest BCUT2D eigenvalue weighted by molar-refractivity contribution is -0.166. The van der Waals surface area contributed by atoms with Gasteiger partial charge in [-0.1, -0.05) is 39.8 Å². The van der Waals surface area contributed by atoms with Crippen molar-refractivity contribution in [1.29, 1.82) is 0 Å². The van der Waals surface area contributed by atoms with Gasteiger partial charge >= 0.3 is 0 Å². The fourth-order valence-electron chi connectivity index (χ4n) is 7.25. The molecule has 0 aromatic heterocycles. The van der Waals surface area contributed by atoms with Crippen LogP contribution in [0.2, 0.25) is 0 Å². The Bertz CT molecular complexity index is 823. The predicted molar refractivity (Wildman–Crippen MR) is 116 cm³/mol. The molecule has 8 atom stereocenters. The van der Waals surface area contributed by atoms with E-state index in [1.54, 1.807) is 0 Å². The minimum absolute atomic E-state index is 0.000411. The van der Waals surface area contributed by atoms with Crippen LogP contribution in [0.25, 0.3) is 0 Å². The summed E-state index contributed by atoms with van der Waals surface area (Å²) < 4.78 is 0. The van der Waals surface area contributed by atoms with Gasteiger partial charge in [-0.3, -0.25) is 38.8 Å². The van der Waals surface area contributed by atoms with Gasteiger partial charge in [0.15, 0.2) is 0 Å². The number of rotatable bonds is 8. The Balaban J connectivity index is 1.41. The predicted octanol–water partition coefficient (Wildman–Crippen LogP) is 0.849. The maximum atomic E-state index is 13.4. The molecule has 0 radical (unpaired) electrons. The second-order valence-electron chi connectivity index (χ2n) is 9.90. The van der Waals surface area contributed by atoms with E-state index >= 15 is 0 Å². The first-order valence-electron chi connectivity index (χ1n) is 12.2. The van der Waals surface area contributed by atoms with E-state index in [9.17, 15) is 19.2 Å². The highest BCUT2D eigenvalue weighted by Gasteiger charge is 2.75. The average Bonchev–Trinajstić information content (AvgIpc) is 3.15. The molecule has 4 fully saturated rings. The Kier molecular flexibility index (Phi) is 5.28. The summed E-state index contributed by atoms with van der Waals surface area (Å²) in [5.74, 6) is -2.02. The highest BCUT2D eigenvalue weighted by atomic mass is 16.2. The lowest BCUT2D eigenvalue weighted by Crippen LogP contribution is -2.63. The van der Waals surface area contributed by atoms with Crippen molar-refractivity contribution in [3.8, 4) is 0 Å². The largest absolute Gasteiger partial charge is 0.286 e. The molecule has 2 saturated heterocycles. The standard InChI is InChI=1S/C24H34N4O4/c1-5-25(6-2)11-27-21(29)17-13-9-10-14(18(17)22(27)30)16-15(13)19-20(16)24(32)28(23(19)31)12-26(7-3)8-4/h9-10,13-20H,5-8,11-12H2,1-4H3/t13-,14+,15-,16-,17+,18+,19-,20-/m1/s1. The summed E-state index contributed by atoms with van der Waals surface area (Å²) >= 11 is 0. The molecule has 4 amide bonds. The summed E-state index contributed by atoms with van der Waals surface area (Å²) in [5.41, 5.74) is 0. The number of likely N-dealkylation sites (tertiary alicyclic amines) is 2. The molecule has 0 aromatic carbocycles. The van der Waals surface area contributed by atoms with Crippen molar-refractivity contribution < 1.29 is 19.2 Å². The molecule has 4 aliphatic carbocycles. The Morgan fingerprint density at radius 3 is 1.22 bits per heavy atom. The molecule has 174 valence electrons. The van der Waals surface area contributed by atoms with Crippen molar-refractivity contribution in [3.63, 3.8) is 0 Å². The van der Waals surface area contributed by atoms with Gasteiger partial charge in [-0.2, -0.15) is 0 Å². The van der Waals surface area contributed by atoms with Crippen LogP contribution in [0.15, 0.2) is 12.2 Å². The molecule has 0 N–H and O–H groups in total. The third-order valence-electron chi connectivity index (χ3n) is 9.00. The van der Waals surface area contributed by atoms with E-state index in [-0.39, 0.29) is 71.0 Å². The van der Waals surface area contributed by atoms with E-state index < -0.39 is 0 Å². The fourth-order valence-corrected chi connectivity index (χ4v) is 7.25. The summed E-state index contributed by atoms with van der Waals surface area (Å²) in [5, 5.41) is 0. The number of fused-ring (bicyclic) bond motifs is 1. The zero-order chi connectivity index (χ0) is 22.9. The molecule has 2 saturated carbocycles. The molecule has 32 heavy (non-hydrogen) atoms. The first-order chi connectivity index (χ1) is 15.4. The summed E-state index contributed by atoms with van der Waals surface area (Å²) in [4.78, 5) is 60.4. The number of hydrogen-bond acceptors (Lipinski definition) is 6. The zero-order valence-electron chi connectivity index (χ0n) is 19.4. The number of carbonyl (C=O) groups is 4. The third kappa shape index (κ3) is 2.68. The lowest BCUT2D eigenvalue weighted by atomic mass is 9.40. The van der Waals surface area contributed by atoms with Crippen molar-refractivity contribution >= 4 is 23.6 Å². The lowest BCUT2D eigenvalue weighted by Gasteiger charge is -2.60. The van der Waals surface area contributed by atoms with Crippen LogP contribution >= 0.6 is 0 Å². The maximum absolute atomic E-state index is 13.4. The van der Waals surface area contributed by atoms with E-state index in [0.717, 1.165) is 26.2 Å². The summed E-state index contributed by atoms with van der Waals surface area (Å²) in [6, 6.07) is 0. The van der Waals surface area contributed by atoms with Crippen molar-refractivity contribution in [2.24, 2.45) is 47.3 Å². The van der Waals surface area contributed by atoms with Crippen LogP contribution in [0, 0.1) is 47.3 Å². The molecule has 2 bridgehead atoms. The van der Waals surface area contributed by atoms with Gasteiger partial charge in [0.1, 0.15) is 0 Å². The molecule has 8 nitrogen and oxygen atoms in total. The van der Waals surface area contributed by atoms with Crippen LogP contribution in [0.4, 0.5) is 0 Å². The average molecular weight is 443 g/mol. The molecular formula is C24H34N4O4. The Hall–Kier alpha value is -2.06. The van der Waals surface area contributed by atoms with Gasteiger partial charge in [-0.15, -0.1) is 0 Å². The Morgan fingerprint density at radius 2 is 0.906 bits per heavy atom. The monoisotopic (exact) mass is 442 g/mol. The molecule has 6 rings (SSSR count). The number of allylic oxidation sites excluding steroid dienone is 2. The minimum atomic E-state index is -0.380. The van der Waals surface area contributed by atoms with Crippen molar-refractivity contribution in [1.82, 2.24) is 19.6 Å². The molecule has 8 heteroatoms. The van der Waals surface area contributed by atoms with Gasteiger partial charge in [0.2, 0.25) is 23.6 Å². The summed E-state index contributed by atoms with van der Waals surface area (Å²) in [6.45, 7) is 11.9. The van der Waals surface area contributed by atoms with Crippen LogP contribution in [0.1, 0.15) is 27.7 Å². The van der Waals surface area contributed by atoms with E-state index in [2.05, 4.69) is 22.0 Å². The summed E-state index contributed by atoms with van der Waals surface area (Å²) in [6.07, 6.45) is 4.14. The molecule has 0 spiro atoms. The van der Waals surface area contributed by atoms with E-state index in [4.69, 9.17) is 0 Å². The first-order valence-corrected chi connectivity index (χ1v) is 12.2. The SMILES string of the molecule is CCN(CC)CN1C(=O)[C@H]2[C@H]3C=C[C@@H]([C@@H]2C1=O)[C@H]1[C@H]2C(=O)N(CN(CC)CC)C(=O)[C@@H]2[C@H]31. The van der Waals surface area contributed by atoms with Crippen LogP contribution < -0.4 is 0 Å². The number of nitrogens with zero attached hydrogens (tertiary/aromatic N) is 4. The zero-order valence-corrected chi connectivity index (χ0v) is 19.4. The van der Waals surface area contributed by atoms with E-state index in [1.165, 1.54) is 9.80 Å². The van der Waals surface area contributed by atoms with Crippen molar-refractivity contribution in [2.45, 2.75) is 27.7 Å². The van der Waals surface area contributed by atoms with Crippen molar-refractivity contribution in [3.05, 3.63) is 12.2 Å². The number of carbonyl (C=O) groups excluding carboxylic acids is 4. The van der Waals surface area contributed by atoms with Crippen LogP contribution in [0.5, 0.6) is 0 Å². The highest BCUT2D eigenvalue weighted by molar-refractivity contribution is 6.09. The molecular weight excluding hydrogens is 408 g/mol. The van der Waals surface area contributed by atoms with Crippen LogP contribution in [0.3, 0.4) is 0 Å². The van der Waals surface area contributed by atoms with Gasteiger partial charge in [-0.05, 0) is 49.9 Å². The molecule has 2 heterocycles. The highest BCUT2D eigenvalue weighted by Crippen LogP contribution is 2.68. The summed E-state index contributed by atoms with van der Waals surface area (Å²) in [7, 11) is 0. The topological polar surface area (TPSA) is 81.2 Å². The molecule has 6 aliphatic rings. The second kappa shape index (κ2) is 7.76. The Morgan fingerprint density at radius 1 is 0.594 bits per heavy atom. The second-order valence-corrected chi connectivity index (χ2v) is 9.90. The Labute approximate surface area is 189 Å². The van der Waals surface area contributed by atoms with Crippen LogP contribution in [-0.4, -0.2) is 82.7 Å². The number of imide groups is 2. The minimum Gasteiger partial charge on any atom is -0.286 e. The van der Waals surface area contributed by atoms with Crippen molar-refractivity contribution in [2.75, 3.05) is 39.5 Å². The van der Waals surface area contributed by atoms with E-state index in [0.29, 0.717) is 13.3 Å². The first kappa shape index (κ1) is 21.8. The van der Waals surface area contributed by atoms with Crippen LogP contribution in [-0.2, 0) is 19.2 Å². The fraction of sp³-hybridized carbons (Fsp3) is 0.750. The van der Waals surface area contributed by atoms with E-state index in [1.807, 2.05) is 27.7 Å². The quantitative estimate of drug-likeness (QED) is 0.410. The third-order valence-corrected chi connectivity index (χ3v) is 9.00. The number of hydrogen-bond donors (Lipinski definition) is 0. The van der Waals surface area contributed by atoms with Gasteiger partial charge in [0, 0.05) is 0 Å².